The van der Waals surface area contributed by atoms with Gasteiger partial charge in [0.1, 0.15) is 0 Å². The third kappa shape index (κ3) is 6.07. The molecule has 0 saturated heterocycles. The van der Waals surface area contributed by atoms with Gasteiger partial charge in [-0.25, -0.2) is 0 Å². The molecule has 92 valence electrons. The number of allylic oxidation sites excluding steroid dienone is 1. The second-order valence-corrected chi connectivity index (χ2v) is 9.29. The lowest BCUT2D eigenvalue weighted by Crippen LogP contribution is -2.22. The maximum absolute atomic E-state index is 5.55. The van der Waals surface area contributed by atoms with Crippen LogP contribution < -0.4 is 0 Å². The molecule has 0 amide bonds. The molecular formula is C14H21NOSi. The van der Waals surface area contributed by atoms with Crippen molar-refractivity contribution in [2.24, 2.45) is 5.16 Å². The molecular weight excluding hydrogens is 226 g/mol. The third-order valence-electron chi connectivity index (χ3n) is 2.07. The first kappa shape index (κ1) is 13.7. The van der Waals surface area contributed by atoms with Gasteiger partial charge in [0.15, 0.2) is 0 Å². The Kier molecular flexibility index (Phi) is 5.16. The number of rotatable bonds is 5. The van der Waals surface area contributed by atoms with E-state index in [-0.39, 0.29) is 0 Å². The van der Waals surface area contributed by atoms with E-state index in [0.717, 1.165) is 12.1 Å². The lowest BCUT2D eigenvalue weighted by atomic mass is 10.2. The molecule has 0 N–H and O–H groups in total. The lowest BCUT2D eigenvalue weighted by molar-refractivity contribution is 0.335. The Morgan fingerprint density at radius 3 is 2.41 bits per heavy atom. The molecule has 3 heteroatoms. The van der Waals surface area contributed by atoms with Gasteiger partial charge in [-0.3, -0.25) is 0 Å². The first-order chi connectivity index (χ1) is 8.01. The monoisotopic (exact) mass is 247 g/mol. The zero-order chi connectivity index (χ0) is 12.7. The molecule has 0 aromatic heterocycles. The highest BCUT2D eigenvalue weighted by Gasteiger charge is 2.15. The van der Waals surface area contributed by atoms with Crippen molar-refractivity contribution in [3.05, 3.63) is 42.0 Å². The summed E-state index contributed by atoms with van der Waals surface area (Å²) >= 11 is 0. The van der Waals surface area contributed by atoms with Gasteiger partial charge in [0.05, 0.1) is 5.71 Å². The Bertz CT molecular complexity index is 390. The zero-order valence-electron chi connectivity index (χ0n) is 11.1. The quantitative estimate of drug-likeness (QED) is 0.431. The van der Waals surface area contributed by atoms with E-state index in [2.05, 4.69) is 49.9 Å². The van der Waals surface area contributed by atoms with Gasteiger partial charge >= 0.3 is 0 Å². The van der Waals surface area contributed by atoms with Crippen LogP contribution in [0.25, 0.3) is 6.08 Å². The maximum Gasteiger partial charge on any atom is 0.278 e. The summed E-state index contributed by atoms with van der Waals surface area (Å²) in [4.78, 5) is 0. The smallest absolute Gasteiger partial charge is 0.278 e. The number of benzene rings is 1. The van der Waals surface area contributed by atoms with Crippen molar-refractivity contribution >= 4 is 20.1 Å². The molecule has 0 bridgehead atoms. The van der Waals surface area contributed by atoms with Crippen molar-refractivity contribution < 1.29 is 4.53 Å². The summed E-state index contributed by atoms with van der Waals surface area (Å²) < 4.78 is 5.55. The van der Waals surface area contributed by atoms with Gasteiger partial charge in [-0.2, -0.15) is 0 Å². The maximum atomic E-state index is 5.55. The molecule has 1 aromatic rings. The minimum atomic E-state index is -1.57. The predicted molar refractivity (Wildman–Crippen MR) is 77.6 cm³/mol. The fourth-order valence-electron chi connectivity index (χ4n) is 1.16. The number of nitrogens with zero attached hydrogens (tertiary/aromatic N) is 1. The van der Waals surface area contributed by atoms with E-state index in [1.165, 1.54) is 5.56 Å². The van der Waals surface area contributed by atoms with Crippen molar-refractivity contribution in [2.75, 3.05) is 0 Å². The van der Waals surface area contributed by atoms with Gasteiger partial charge < -0.3 is 4.53 Å². The van der Waals surface area contributed by atoms with E-state index in [1.807, 2.05) is 24.3 Å². The molecule has 2 nitrogen and oxygen atoms in total. The molecule has 0 aliphatic carbocycles. The molecule has 0 aliphatic rings. The first-order valence-corrected chi connectivity index (χ1v) is 9.40. The molecule has 0 fully saturated rings. The van der Waals surface area contributed by atoms with Crippen LogP contribution in [-0.4, -0.2) is 14.0 Å². The summed E-state index contributed by atoms with van der Waals surface area (Å²) in [6.45, 7) is 8.47. The SMILES string of the molecule is CCC(/C=C/c1ccccc1)=N\O[Si](C)(C)C. The van der Waals surface area contributed by atoms with E-state index in [9.17, 15) is 0 Å². The van der Waals surface area contributed by atoms with Crippen molar-refractivity contribution in [3.8, 4) is 0 Å². The van der Waals surface area contributed by atoms with Crippen LogP contribution in [0.4, 0.5) is 0 Å². The molecule has 1 rings (SSSR count). The number of hydrogen-bond donors (Lipinski definition) is 0. The Morgan fingerprint density at radius 2 is 1.88 bits per heavy atom. The lowest BCUT2D eigenvalue weighted by Gasteiger charge is -2.13. The van der Waals surface area contributed by atoms with Crippen molar-refractivity contribution in [1.82, 2.24) is 0 Å². The molecule has 0 saturated carbocycles. The average Bonchev–Trinajstić information content (AvgIpc) is 2.29. The van der Waals surface area contributed by atoms with Gasteiger partial charge in [-0.05, 0) is 37.7 Å². The van der Waals surface area contributed by atoms with Gasteiger partial charge in [0.2, 0.25) is 0 Å². The Labute approximate surface area is 105 Å². The van der Waals surface area contributed by atoms with Crippen LogP contribution in [-0.2, 0) is 4.53 Å². The summed E-state index contributed by atoms with van der Waals surface area (Å²) in [6, 6.07) is 10.2. The molecule has 0 heterocycles. The van der Waals surface area contributed by atoms with Gasteiger partial charge in [0, 0.05) is 0 Å². The van der Waals surface area contributed by atoms with Crippen LogP contribution in [0.3, 0.4) is 0 Å². The standard InChI is InChI=1S/C14H21NOSi/c1-5-14(15-16-17(2,3)4)12-11-13-9-7-6-8-10-13/h6-12H,5H2,1-4H3/b12-11+,15-14+. The normalized spacial score (nSPS) is 13.1. The van der Waals surface area contributed by atoms with Gasteiger partial charge in [-0.1, -0.05) is 43.3 Å². The second kappa shape index (κ2) is 6.40. The van der Waals surface area contributed by atoms with Crippen LogP contribution in [0.1, 0.15) is 18.9 Å². The van der Waals surface area contributed by atoms with Crippen molar-refractivity contribution in [3.63, 3.8) is 0 Å². The summed E-state index contributed by atoms with van der Waals surface area (Å²) in [6.07, 6.45) is 4.97. The third-order valence-corrected chi connectivity index (χ3v) is 2.71. The number of oxime groups is 1. The minimum absolute atomic E-state index is 0.883. The summed E-state index contributed by atoms with van der Waals surface area (Å²) in [7, 11) is -1.57. The average molecular weight is 247 g/mol. The van der Waals surface area contributed by atoms with E-state index < -0.39 is 8.32 Å². The molecule has 0 atom stereocenters. The van der Waals surface area contributed by atoms with Crippen LogP contribution in [0, 0.1) is 0 Å². The van der Waals surface area contributed by atoms with Crippen LogP contribution in [0.15, 0.2) is 41.6 Å². The first-order valence-electron chi connectivity index (χ1n) is 5.99. The molecule has 0 spiro atoms. The number of hydrogen-bond acceptors (Lipinski definition) is 2. The van der Waals surface area contributed by atoms with Gasteiger partial charge in [-0.15, -0.1) is 5.16 Å². The highest BCUT2D eigenvalue weighted by Crippen LogP contribution is 2.06. The van der Waals surface area contributed by atoms with Crippen LogP contribution in [0.2, 0.25) is 19.6 Å². The molecule has 0 radical (unpaired) electrons. The van der Waals surface area contributed by atoms with E-state index in [4.69, 9.17) is 4.53 Å². The molecule has 17 heavy (non-hydrogen) atoms. The fraction of sp³-hybridized carbons (Fsp3) is 0.357. The van der Waals surface area contributed by atoms with Crippen molar-refractivity contribution in [2.45, 2.75) is 33.0 Å². The molecule has 1 aromatic carbocycles. The second-order valence-electron chi connectivity index (χ2n) is 4.88. The van der Waals surface area contributed by atoms with Crippen LogP contribution in [0.5, 0.6) is 0 Å². The van der Waals surface area contributed by atoms with E-state index >= 15 is 0 Å². The van der Waals surface area contributed by atoms with E-state index in [0.29, 0.717) is 0 Å². The molecule has 0 aliphatic heterocycles. The summed E-state index contributed by atoms with van der Waals surface area (Å²) in [5.41, 5.74) is 2.16. The zero-order valence-corrected chi connectivity index (χ0v) is 12.1. The van der Waals surface area contributed by atoms with Gasteiger partial charge in [0.25, 0.3) is 8.32 Å². The summed E-state index contributed by atoms with van der Waals surface area (Å²) in [5, 5.41) is 4.22. The topological polar surface area (TPSA) is 21.6 Å². The predicted octanol–water partition coefficient (Wildman–Crippen LogP) is 4.32. The minimum Gasteiger partial charge on any atom is -0.455 e. The Balaban J connectivity index is 2.67. The van der Waals surface area contributed by atoms with Crippen molar-refractivity contribution in [1.29, 1.82) is 0 Å². The fourth-order valence-corrected chi connectivity index (χ4v) is 1.56. The van der Waals surface area contributed by atoms with E-state index in [1.54, 1.807) is 0 Å². The Morgan fingerprint density at radius 1 is 1.24 bits per heavy atom. The molecule has 0 unspecified atom stereocenters. The highest BCUT2D eigenvalue weighted by atomic mass is 28.4. The van der Waals surface area contributed by atoms with Crippen LogP contribution >= 0.6 is 0 Å². The highest BCUT2D eigenvalue weighted by molar-refractivity contribution is 6.69. The Hall–Kier alpha value is -1.35. The summed E-state index contributed by atoms with van der Waals surface area (Å²) in [5.74, 6) is 0. The largest absolute Gasteiger partial charge is 0.455 e.